The Bertz CT molecular complexity index is 7950. The first-order valence-corrected chi connectivity index (χ1v) is 44.9. The van der Waals surface area contributed by atoms with Crippen molar-refractivity contribution in [2.45, 2.75) is 30.1 Å². The molecule has 27 rings (SSSR count). The molecular formula is C125H82N2O2. The molecule has 0 aromatic heterocycles. The molecule has 5 aliphatic carbocycles. The molecule has 0 atom stereocenters. The molecular weight excluding hydrogens is 1560 g/mol. The van der Waals surface area contributed by atoms with Crippen LogP contribution in [0.4, 0.5) is 34.1 Å². The standard InChI is InChI=1S/C64H43NO.C61H39NO/c1-63(2)54-28-12-7-24-48(54)50-36-34-41(39-59(50)63)65(60-32-17-27-52-45-21-6-5-20-44(45)51-26-11-16-33-61(51)66-62(52)60)40-35-37-58-53(38-40)49-25-10-15-31-57(49)64(58)55-29-13-8-22-46(55)42-18-3-4-19-43(42)47-23-9-14-30-56(47)64;1-2-19-40(20-3-1)42-21-11-16-34-57(42)62(58-35-18-30-51-46-25-7-6-24-45(46)50-29-12-17-36-59(50)63-60(51)58)41-37-38-56-52(39-41)49-28-10-15-33-55(49)61(56)53-31-13-8-26-47(53)43-22-4-5-23-44(43)48-27-9-14-32-54(48)61/h3-39H,1-2H3;1-39H. The third-order valence-corrected chi connectivity index (χ3v) is 28.7. The Kier molecular flexibility index (Phi) is 16.6. The Balaban J connectivity index is 0.000000136. The zero-order valence-electron chi connectivity index (χ0n) is 71.1. The highest BCUT2D eigenvalue weighted by Gasteiger charge is 2.52. The molecule has 129 heavy (non-hydrogen) atoms. The minimum Gasteiger partial charge on any atom is -0.454 e. The fraction of sp³-hybridized carbons (Fsp3) is 0.0400. The summed E-state index contributed by atoms with van der Waals surface area (Å²) in [6, 6.07) is 170. The van der Waals surface area contributed by atoms with Crippen LogP contribution in [0.3, 0.4) is 0 Å². The first-order valence-electron chi connectivity index (χ1n) is 44.9. The van der Waals surface area contributed by atoms with Crippen LogP contribution in [-0.2, 0) is 16.2 Å². The number of ether oxygens (including phenoxy) is 2. The van der Waals surface area contributed by atoms with Gasteiger partial charge in [-0.05, 0) is 228 Å². The van der Waals surface area contributed by atoms with Gasteiger partial charge in [0.25, 0.3) is 0 Å². The monoisotopic (exact) mass is 1640 g/mol. The molecule has 0 fully saturated rings. The van der Waals surface area contributed by atoms with Gasteiger partial charge in [-0.2, -0.15) is 0 Å². The second kappa shape index (κ2) is 28.8. The quantitative estimate of drug-likeness (QED) is 0.159. The fourth-order valence-electron chi connectivity index (χ4n) is 23.3. The molecule has 20 aromatic carbocycles. The van der Waals surface area contributed by atoms with Gasteiger partial charge in [-0.25, -0.2) is 0 Å². The lowest BCUT2D eigenvalue weighted by Gasteiger charge is -2.35. The van der Waals surface area contributed by atoms with Crippen molar-refractivity contribution in [1.29, 1.82) is 0 Å². The summed E-state index contributed by atoms with van der Waals surface area (Å²) in [5.74, 6) is 3.33. The summed E-state index contributed by atoms with van der Waals surface area (Å²) in [6.07, 6.45) is 0. The summed E-state index contributed by atoms with van der Waals surface area (Å²) < 4.78 is 14.4. The molecule has 2 aliphatic heterocycles. The molecule has 7 aliphatic rings. The van der Waals surface area contributed by atoms with Crippen molar-refractivity contribution < 1.29 is 9.47 Å². The highest BCUT2D eigenvalue weighted by Crippen LogP contribution is 2.67. The average molecular weight is 1640 g/mol. The number of anilines is 6. The Hall–Kier alpha value is -16.4. The van der Waals surface area contributed by atoms with Gasteiger partial charge in [-0.15, -0.1) is 0 Å². The van der Waals surface area contributed by atoms with E-state index in [1.807, 2.05) is 0 Å². The minimum absolute atomic E-state index is 0.184. The van der Waals surface area contributed by atoms with Gasteiger partial charge in [0.15, 0.2) is 11.5 Å². The molecule has 0 saturated heterocycles. The van der Waals surface area contributed by atoms with Crippen LogP contribution < -0.4 is 19.3 Å². The highest BCUT2D eigenvalue weighted by molar-refractivity contribution is 6.05. The summed E-state index contributed by atoms with van der Waals surface area (Å²) in [7, 11) is 0. The topological polar surface area (TPSA) is 24.9 Å². The van der Waals surface area contributed by atoms with Crippen molar-refractivity contribution in [2.75, 3.05) is 9.80 Å². The van der Waals surface area contributed by atoms with Crippen LogP contribution >= 0.6 is 0 Å². The maximum Gasteiger partial charge on any atom is 0.159 e. The first kappa shape index (κ1) is 74.1. The number of benzene rings is 20. The van der Waals surface area contributed by atoms with E-state index in [0.717, 1.165) is 113 Å². The second-order valence-corrected chi connectivity index (χ2v) is 35.4. The third kappa shape index (κ3) is 10.8. The normalized spacial score (nSPS) is 13.7. The molecule has 0 amide bonds. The van der Waals surface area contributed by atoms with E-state index in [1.54, 1.807) is 0 Å². The third-order valence-electron chi connectivity index (χ3n) is 28.7. The molecule has 2 spiro atoms. The summed E-state index contributed by atoms with van der Waals surface area (Å²) in [5.41, 5.74) is 46.8. The van der Waals surface area contributed by atoms with Gasteiger partial charge in [0.2, 0.25) is 0 Å². The molecule has 604 valence electrons. The van der Waals surface area contributed by atoms with Crippen molar-refractivity contribution in [3.63, 3.8) is 0 Å². The maximum atomic E-state index is 7.24. The zero-order valence-corrected chi connectivity index (χ0v) is 71.1. The molecule has 0 radical (unpaired) electrons. The van der Waals surface area contributed by atoms with E-state index in [4.69, 9.17) is 9.47 Å². The largest absolute Gasteiger partial charge is 0.454 e. The van der Waals surface area contributed by atoms with Crippen LogP contribution in [0.1, 0.15) is 69.5 Å². The SMILES string of the molecule is CC1(C)c2ccccc2-c2ccc(N(c3ccc4c(c3)-c3ccccc3C43c4ccccc4-c4ccccc4-c4ccccc43)c3cccc4c3Oc3ccccc3-c3ccccc3-4)cc21.c1ccc(-c2ccccc2N(c2ccc3c(c2)-c2ccccc2C32c3ccccc3-c3ccccc3-c3ccccc32)c2cccc3c2Oc2ccccc2-c2ccccc2-3)cc1. The van der Waals surface area contributed by atoms with Crippen LogP contribution in [0.25, 0.3) is 134 Å². The number of hydrogen-bond acceptors (Lipinski definition) is 4. The smallest absolute Gasteiger partial charge is 0.159 e. The Labute approximate surface area is 751 Å². The molecule has 2 heterocycles. The van der Waals surface area contributed by atoms with E-state index in [2.05, 4.69) is 485 Å². The Morgan fingerprint density at radius 2 is 0.419 bits per heavy atom. The van der Waals surface area contributed by atoms with E-state index in [9.17, 15) is 0 Å². The summed E-state index contributed by atoms with van der Waals surface area (Å²) >= 11 is 0. The van der Waals surface area contributed by atoms with Crippen molar-refractivity contribution in [1.82, 2.24) is 0 Å². The van der Waals surface area contributed by atoms with Gasteiger partial charge in [0, 0.05) is 50.3 Å². The van der Waals surface area contributed by atoms with Gasteiger partial charge >= 0.3 is 0 Å². The van der Waals surface area contributed by atoms with E-state index >= 15 is 0 Å². The van der Waals surface area contributed by atoms with E-state index in [1.165, 1.54) is 134 Å². The van der Waals surface area contributed by atoms with Crippen LogP contribution in [0, 0.1) is 0 Å². The van der Waals surface area contributed by atoms with Crippen molar-refractivity contribution in [3.05, 3.63) is 517 Å². The van der Waals surface area contributed by atoms with E-state index in [0.29, 0.717) is 0 Å². The van der Waals surface area contributed by atoms with Crippen molar-refractivity contribution in [2.24, 2.45) is 0 Å². The lowest BCUT2D eigenvalue weighted by molar-refractivity contribution is 0.488. The number of hydrogen-bond donors (Lipinski definition) is 0. The van der Waals surface area contributed by atoms with Crippen molar-refractivity contribution in [3.8, 4) is 157 Å². The van der Waals surface area contributed by atoms with Crippen LogP contribution in [0.2, 0.25) is 0 Å². The number of para-hydroxylation sites is 5. The molecule has 0 N–H and O–H groups in total. The van der Waals surface area contributed by atoms with Gasteiger partial charge in [0.1, 0.15) is 11.5 Å². The lowest BCUT2D eigenvalue weighted by Crippen LogP contribution is -2.29. The Morgan fingerprint density at radius 1 is 0.163 bits per heavy atom. The van der Waals surface area contributed by atoms with Gasteiger partial charge in [0.05, 0.1) is 27.9 Å². The summed E-state index contributed by atoms with van der Waals surface area (Å²) in [5, 5.41) is 0. The van der Waals surface area contributed by atoms with Gasteiger partial charge in [-0.3, -0.25) is 0 Å². The first-order chi connectivity index (χ1) is 63.8. The summed E-state index contributed by atoms with van der Waals surface area (Å²) in [4.78, 5) is 4.88. The molecule has 20 aromatic rings. The lowest BCUT2D eigenvalue weighted by atomic mass is 9.66. The Morgan fingerprint density at radius 3 is 0.829 bits per heavy atom. The molecule has 4 nitrogen and oxygen atoms in total. The fourth-order valence-corrected chi connectivity index (χ4v) is 23.3. The zero-order chi connectivity index (χ0) is 85.2. The van der Waals surface area contributed by atoms with Gasteiger partial charge < -0.3 is 19.3 Å². The van der Waals surface area contributed by atoms with E-state index in [-0.39, 0.29) is 5.41 Å². The molecule has 0 saturated carbocycles. The van der Waals surface area contributed by atoms with Gasteiger partial charge in [-0.1, -0.05) is 408 Å². The van der Waals surface area contributed by atoms with E-state index < -0.39 is 10.8 Å². The predicted octanol–water partition coefficient (Wildman–Crippen LogP) is 33.2. The molecule has 4 heteroatoms. The molecule has 0 unspecified atom stereocenters. The van der Waals surface area contributed by atoms with Crippen LogP contribution in [0.15, 0.2) is 461 Å². The molecule has 0 bridgehead atoms. The average Bonchev–Trinajstić information content (AvgIpc) is 1.52. The predicted molar refractivity (Wildman–Crippen MR) is 531 cm³/mol. The second-order valence-electron chi connectivity index (χ2n) is 35.4. The van der Waals surface area contributed by atoms with Crippen LogP contribution in [0.5, 0.6) is 23.0 Å². The van der Waals surface area contributed by atoms with Crippen molar-refractivity contribution >= 4 is 34.1 Å². The highest BCUT2D eigenvalue weighted by atomic mass is 16.5. The maximum absolute atomic E-state index is 7.24. The summed E-state index contributed by atoms with van der Waals surface area (Å²) in [6.45, 7) is 4.73. The number of fused-ring (bicyclic) bond motifs is 37. The number of nitrogens with zero attached hydrogens (tertiary/aromatic N) is 2. The van der Waals surface area contributed by atoms with Crippen LogP contribution in [-0.4, -0.2) is 0 Å². The minimum atomic E-state index is -0.566. The number of rotatable bonds is 7.